The third-order valence-electron chi connectivity index (χ3n) is 4.86. The molecule has 0 saturated carbocycles. The highest BCUT2D eigenvalue weighted by Crippen LogP contribution is 2.35. The molecule has 0 spiro atoms. The molecule has 0 N–H and O–H groups in total. The van der Waals surface area contributed by atoms with Gasteiger partial charge in [-0.25, -0.2) is 4.39 Å². The fraction of sp³-hybridized carbons (Fsp3) is 0.333. The van der Waals surface area contributed by atoms with E-state index < -0.39 is 0 Å². The Morgan fingerprint density at radius 2 is 1.83 bits per heavy atom. The molecule has 0 radical (unpaired) electrons. The van der Waals surface area contributed by atoms with Crippen LogP contribution in [0.2, 0.25) is 0 Å². The number of amides is 1. The minimum atomic E-state index is -0.342. The summed E-state index contributed by atoms with van der Waals surface area (Å²) < 4.78 is 14.9. The number of benzene rings is 1. The highest BCUT2D eigenvalue weighted by molar-refractivity contribution is 5.94. The third-order valence-corrected chi connectivity index (χ3v) is 4.86. The summed E-state index contributed by atoms with van der Waals surface area (Å²) in [6.45, 7) is 1.92. The predicted octanol–water partition coefficient (Wildman–Crippen LogP) is 2.25. The molecule has 1 amide bonds. The second-order valence-corrected chi connectivity index (χ2v) is 6.42. The minimum absolute atomic E-state index is 0.0375. The zero-order chi connectivity index (χ0) is 16.0. The van der Waals surface area contributed by atoms with Crippen LogP contribution in [-0.4, -0.2) is 28.5 Å². The molecular weight excluding hydrogens is 295 g/mol. The van der Waals surface area contributed by atoms with Gasteiger partial charge in [-0.2, -0.15) is 0 Å². The van der Waals surface area contributed by atoms with Gasteiger partial charge in [-0.05, 0) is 42.7 Å². The lowest BCUT2D eigenvalue weighted by Gasteiger charge is -2.42. The number of halogens is 1. The number of pyridine rings is 1. The average Bonchev–Trinajstić information content (AvgIpc) is 2.56. The van der Waals surface area contributed by atoms with E-state index in [2.05, 4.69) is 0 Å². The van der Waals surface area contributed by atoms with E-state index in [0.717, 1.165) is 12.1 Å². The summed E-state index contributed by atoms with van der Waals surface area (Å²) in [5.74, 6) is 0.0864. The molecular formula is C18H17FN2O2. The Hall–Kier alpha value is -2.43. The van der Waals surface area contributed by atoms with Crippen molar-refractivity contribution in [3.05, 3.63) is 69.9 Å². The van der Waals surface area contributed by atoms with Gasteiger partial charge >= 0.3 is 0 Å². The van der Waals surface area contributed by atoms with Crippen LogP contribution in [0.1, 0.15) is 28.4 Å². The Morgan fingerprint density at radius 3 is 2.61 bits per heavy atom. The van der Waals surface area contributed by atoms with Gasteiger partial charge in [-0.3, -0.25) is 9.59 Å². The first kappa shape index (κ1) is 14.2. The topological polar surface area (TPSA) is 42.3 Å². The molecule has 0 aliphatic carbocycles. The highest BCUT2D eigenvalue weighted by Gasteiger charge is 2.36. The molecule has 1 aromatic carbocycles. The van der Waals surface area contributed by atoms with E-state index in [1.54, 1.807) is 12.1 Å². The summed E-state index contributed by atoms with van der Waals surface area (Å²) in [5, 5.41) is 0. The Kier molecular flexibility index (Phi) is 3.29. The summed E-state index contributed by atoms with van der Waals surface area (Å²) in [4.78, 5) is 26.5. The van der Waals surface area contributed by atoms with Gasteiger partial charge in [-0.15, -0.1) is 0 Å². The number of hydrogen-bond donors (Lipinski definition) is 0. The van der Waals surface area contributed by atoms with E-state index in [-0.39, 0.29) is 23.2 Å². The van der Waals surface area contributed by atoms with Gasteiger partial charge in [0.25, 0.3) is 11.5 Å². The Balaban J connectivity index is 1.62. The molecule has 2 aliphatic rings. The zero-order valence-corrected chi connectivity index (χ0v) is 12.6. The minimum Gasteiger partial charge on any atom is -0.338 e. The van der Waals surface area contributed by atoms with Crippen molar-refractivity contribution in [1.29, 1.82) is 0 Å². The summed E-state index contributed by atoms with van der Waals surface area (Å²) >= 11 is 0. The number of carbonyl (C=O) groups excluding carboxylic acids is 1. The number of hydrogen-bond acceptors (Lipinski definition) is 2. The number of fused-ring (bicyclic) bond motifs is 4. The lowest BCUT2D eigenvalue weighted by molar-refractivity contribution is 0.0594. The van der Waals surface area contributed by atoms with Gasteiger partial charge in [-0.1, -0.05) is 6.07 Å². The molecule has 4 nitrogen and oxygen atoms in total. The molecule has 3 heterocycles. The van der Waals surface area contributed by atoms with Crippen LogP contribution in [0.15, 0.2) is 47.3 Å². The SMILES string of the molecule is O=C(c1ccc(F)cc1)N1C[C@H]2C[C@@H](C1)c1cccc(=O)n1C2. The van der Waals surface area contributed by atoms with E-state index in [9.17, 15) is 14.0 Å². The first-order valence-electron chi connectivity index (χ1n) is 7.86. The van der Waals surface area contributed by atoms with Crippen LogP contribution in [-0.2, 0) is 6.54 Å². The van der Waals surface area contributed by atoms with E-state index in [0.29, 0.717) is 31.1 Å². The lowest BCUT2D eigenvalue weighted by atomic mass is 9.83. The van der Waals surface area contributed by atoms with Crippen LogP contribution in [0, 0.1) is 11.7 Å². The van der Waals surface area contributed by atoms with Crippen molar-refractivity contribution >= 4 is 5.91 Å². The molecule has 0 unspecified atom stereocenters. The molecule has 1 aromatic heterocycles. The van der Waals surface area contributed by atoms with Crippen molar-refractivity contribution in [2.45, 2.75) is 18.9 Å². The van der Waals surface area contributed by atoms with Gasteiger partial charge < -0.3 is 9.47 Å². The number of nitrogens with zero attached hydrogens (tertiary/aromatic N) is 2. The summed E-state index contributed by atoms with van der Waals surface area (Å²) in [6.07, 6.45) is 1.01. The van der Waals surface area contributed by atoms with E-state index in [1.807, 2.05) is 15.5 Å². The first-order chi connectivity index (χ1) is 11.1. The van der Waals surface area contributed by atoms with Crippen LogP contribution in [0.25, 0.3) is 0 Å². The summed E-state index contributed by atoms with van der Waals surface area (Å²) in [5.41, 5.74) is 1.57. The molecule has 2 bridgehead atoms. The van der Waals surface area contributed by atoms with Crippen molar-refractivity contribution in [2.24, 2.45) is 5.92 Å². The maximum absolute atomic E-state index is 13.0. The number of piperidine rings is 1. The van der Waals surface area contributed by atoms with Crippen molar-refractivity contribution in [3.8, 4) is 0 Å². The monoisotopic (exact) mass is 312 g/mol. The highest BCUT2D eigenvalue weighted by atomic mass is 19.1. The molecule has 4 rings (SSSR count). The number of carbonyl (C=O) groups is 1. The van der Waals surface area contributed by atoms with Gasteiger partial charge in [0.15, 0.2) is 0 Å². The molecule has 1 fully saturated rings. The van der Waals surface area contributed by atoms with E-state index in [4.69, 9.17) is 0 Å². The zero-order valence-electron chi connectivity index (χ0n) is 12.6. The van der Waals surface area contributed by atoms with Crippen molar-refractivity contribution < 1.29 is 9.18 Å². The summed E-state index contributed by atoms with van der Waals surface area (Å²) in [6, 6.07) is 11.0. The Bertz CT molecular complexity index is 813. The molecule has 118 valence electrons. The van der Waals surface area contributed by atoms with E-state index >= 15 is 0 Å². The van der Waals surface area contributed by atoms with Crippen molar-refractivity contribution in [3.63, 3.8) is 0 Å². The molecule has 2 atom stereocenters. The summed E-state index contributed by atoms with van der Waals surface area (Å²) in [7, 11) is 0. The average molecular weight is 312 g/mol. The largest absolute Gasteiger partial charge is 0.338 e. The van der Waals surface area contributed by atoms with Crippen molar-refractivity contribution in [2.75, 3.05) is 13.1 Å². The Morgan fingerprint density at radius 1 is 1.04 bits per heavy atom. The smallest absolute Gasteiger partial charge is 0.253 e. The van der Waals surface area contributed by atoms with Gasteiger partial charge in [0, 0.05) is 42.9 Å². The fourth-order valence-corrected chi connectivity index (χ4v) is 3.84. The van der Waals surface area contributed by atoms with Crippen molar-refractivity contribution in [1.82, 2.24) is 9.47 Å². The maximum atomic E-state index is 13.0. The van der Waals surface area contributed by atoms with Crippen LogP contribution in [0.3, 0.4) is 0 Å². The lowest BCUT2D eigenvalue weighted by Crippen LogP contribution is -2.49. The van der Waals surface area contributed by atoms with Crippen LogP contribution < -0.4 is 5.56 Å². The van der Waals surface area contributed by atoms with Gasteiger partial charge in [0.05, 0.1) is 0 Å². The fourth-order valence-electron chi connectivity index (χ4n) is 3.84. The van der Waals surface area contributed by atoms with Crippen LogP contribution in [0.4, 0.5) is 4.39 Å². The van der Waals surface area contributed by atoms with E-state index in [1.165, 1.54) is 24.3 Å². The predicted molar refractivity (Wildman–Crippen MR) is 83.9 cm³/mol. The standard InChI is InChI=1S/C18H17FN2O2/c19-15-6-4-13(5-7-15)18(23)20-9-12-8-14(11-20)16-2-1-3-17(22)21(16)10-12/h1-7,12,14H,8-11H2/t12-,14+/m1/s1. The quantitative estimate of drug-likeness (QED) is 0.810. The number of likely N-dealkylation sites (tertiary alicyclic amines) is 1. The van der Waals surface area contributed by atoms with Gasteiger partial charge in [0.1, 0.15) is 5.82 Å². The van der Waals surface area contributed by atoms with Crippen LogP contribution >= 0.6 is 0 Å². The first-order valence-corrected chi connectivity index (χ1v) is 7.86. The number of rotatable bonds is 1. The Labute approximate surface area is 133 Å². The third kappa shape index (κ3) is 2.46. The number of aromatic nitrogens is 1. The normalized spacial score (nSPS) is 22.6. The molecule has 2 aromatic rings. The van der Waals surface area contributed by atoms with Crippen LogP contribution in [0.5, 0.6) is 0 Å². The molecule has 5 heteroatoms. The molecule has 1 saturated heterocycles. The molecule has 23 heavy (non-hydrogen) atoms. The van der Waals surface area contributed by atoms with Gasteiger partial charge in [0.2, 0.25) is 0 Å². The second kappa shape index (κ2) is 5.33. The molecule has 2 aliphatic heterocycles. The second-order valence-electron chi connectivity index (χ2n) is 6.42. The maximum Gasteiger partial charge on any atom is 0.253 e.